The number of nitrogens with zero attached hydrogens (tertiary/aromatic N) is 3. The summed E-state index contributed by atoms with van der Waals surface area (Å²) >= 11 is 0. The van der Waals surface area contributed by atoms with Gasteiger partial charge in [-0.15, -0.1) is 0 Å². The van der Waals surface area contributed by atoms with Gasteiger partial charge < -0.3 is 20.9 Å². The van der Waals surface area contributed by atoms with E-state index in [9.17, 15) is 23.6 Å². The van der Waals surface area contributed by atoms with Crippen molar-refractivity contribution in [3.63, 3.8) is 0 Å². The number of carbonyl (C=O) groups excluding carboxylic acids is 3. The van der Waals surface area contributed by atoms with Crippen molar-refractivity contribution in [2.45, 2.75) is 39.3 Å². The van der Waals surface area contributed by atoms with Crippen LogP contribution in [0, 0.1) is 12.7 Å². The summed E-state index contributed by atoms with van der Waals surface area (Å²) in [6, 6.07) is 15.6. The number of hydrogen-bond donors (Lipinski definition) is 3. The molecule has 10 nitrogen and oxygen atoms in total. The van der Waals surface area contributed by atoms with E-state index in [2.05, 4.69) is 25.8 Å². The zero-order chi connectivity index (χ0) is 33.0. The van der Waals surface area contributed by atoms with Gasteiger partial charge in [0.2, 0.25) is 5.91 Å². The van der Waals surface area contributed by atoms with Crippen LogP contribution in [-0.2, 0) is 11.3 Å². The SMILES string of the molecule is CNC(=O)c1cccc(-c2cnc(NC(=O)C(C)NC)c(=O)n2Cc2cc(C(=O)c3ccc(F)cc3)cc(N3CCCC3)c2)c1C. The van der Waals surface area contributed by atoms with Gasteiger partial charge >= 0.3 is 0 Å². The predicted octanol–water partition coefficient (Wildman–Crippen LogP) is 4.14. The lowest BCUT2D eigenvalue weighted by molar-refractivity contribution is -0.117. The summed E-state index contributed by atoms with van der Waals surface area (Å²) < 4.78 is 15.1. The molecule has 1 fully saturated rings. The average molecular weight is 625 g/mol. The molecule has 0 bridgehead atoms. The van der Waals surface area contributed by atoms with Crippen molar-refractivity contribution in [1.82, 2.24) is 20.2 Å². The van der Waals surface area contributed by atoms with Crippen molar-refractivity contribution in [2.75, 3.05) is 37.4 Å². The van der Waals surface area contributed by atoms with Crippen LogP contribution in [0.2, 0.25) is 0 Å². The van der Waals surface area contributed by atoms with E-state index in [0.717, 1.165) is 31.6 Å². The van der Waals surface area contributed by atoms with Crippen molar-refractivity contribution in [3.05, 3.63) is 111 Å². The quantitative estimate of drug-likeness (QED) is 0.227. The number of anilines is 2. The van der Waals surface area contributed by atoms with Gasteiger partial charge in [-0.25, -0.2) is 9.37 Å². The maximum absolute atomic E-state index is 14.1. The molecule has 1 aliphatic heterocycles. The minimum atomic E-state index is -0.571. The molecule has 2 amide bonds. The van der Waals surface area contributed by atoms with Crippen molar-refractivity contribution in [2.24, 2.45) is 0 Å². The van der Waals surface area contributed by atoms with Crippen LogP contribution >= 0.6 is 0 Å². The van der Waals surface area contributed by atoms with Crippen LogP contribution in [0.5, 0.6) is 0 Å². The van der Waals surface area contributed by atoms with E-state index >= 15 is 0 Å². The Morgan fingerprint density at radius 1 is 0.978 bits per heavy atom. The highest BCUT2D eigenvalue weighted by atomic mass is 19.1. The second kappa shape index (κ2) is 13.9. The molecule has 11 heteroatoms. The molecule has 1 aromatic heterocycles. The molecule has 3 aromatic carbocycles. The summed E-state index contributed by atoms with van der Waals surface area (Å²) in [6.45, 7) is 5.17. The standard InChI is InChI=1S/C35H37FN6O4/c1-21-28(8-7-9-29(21)34(45)38-4)30-19-39-32(40-33(44)22(2)37-3)35(46)42(30)20-23-16-25(18-27(17-23)41-14-5-6-15-41)31(43)24-10-12-26(36)13-11-24/h7-13,16-19,22,37H,5-6,14-15,20H2,1-4H3,(H,38,45)(H,39,40,44). The fraction of sp³-hybridized carbons (Fsp3) is 0.286. The largest absolute Gasteiger partial charge is 0.372 e. The zero-order valence-corrected chi connectivity index (χ0v) is 26.3. The summed E-state index contributed by atoms with van der Waals surface area (Å²) in [5.74, 6) is -1.54. The number of ketones is 1. The number of halogens is 1. The van der Waals surface area contributed by atoms with Gasteiger partial charge in [0.25, 0.3) is 11.5 Å². The molecule has 1 saturated heterocycles. The van der Waals surface area contributed by atoms with E-state index in [1.165, 1.54) is 35.0 Å². The Morgan fingerprint density at radius 3 is 2.37 bits per heavy atom. The maximum atomic E-state index is 14.1. The molecule has 1 unspecified atom stereocenters. The number of aromatic nitrogens is 2. The van der Waals surface area contributed by atoms with Crippen molar-refractivity contribution in [1.29, 1.82) is 0 Å². The smallest absolute Gasteiger partial charge is 0.294 e. The average Bonchev–Trinajstić information content (AvgIpc) is 3.61. The third-order valence-corrected chi connectivity index (χ3v) is 8.36. The Hall–Kier alpha value is -5.16. The van der Waals surface area contributed by atoms with Crippen LogP contribution in [-0.4, -0.2) is 60.4 Å². The predicted molar refractivity (Wildman–Crippen MR) is 176 cm³/mol. The fourth-order valence-corrected chi connectivity index (χ4v) is 5.60. The highest BCUT2D eigenvalue weighted by molar-refractivity contribution is 6.09. The lowest BCUT2D eigenvalue weighted by Crippen LogP contribution is -2.38. The lowest BCUT2D eigenvalue weighted by atomic mass is 9.98. The van der Waals surface area contributed by atoms with Crippen molar-refractivity contribution >= 4 is 29.1 Å². The third-order valence-electron chi connectivity index (χ3n) is 8.36. The first kappa shape index (κ1) is 32.2. The van der Waals surface area contributed by atoms with Gasteiger partial charge in [0.05, 0.1) is 24.5 Å². The molecule has 0 saturated carbocycles. The van der Waals surface area contributed by atoms with Gasteiger partial charge in [-0.05, 0) is 93.4 Å². The molecule has 0 radical (unpaired) electrons. The van der Waals surface area contributed by atoms with Gasteiger partial charge in [-0.1, -0.05) is 12.1 Å². The van der Waals surface area contributed by atoms with Gasteiger partial charge in [0.15, 0.2) is 11.6 Å². The van der Waals surface area contributed by atoms with Gasteiger partial charge in [0.1, 0.15) is 5.82 Å². The highest BCUT2D eigenvalue weighted by Gasteiger charge is 2.22. The summed E-state index contributed by atoms with van der Waals surface area (Å²) in [6.07, 6.45) is 3.55. The van der Waals surface area contributed by atoms with Crippen LogP contribution in [0.1, 0.15) is 57.2 Å². The summed E-state index contributed by atoms with van der Waals surface area (Å²) in [7, 11) is 3.19. The van der Waals surface area contributed by atoms with E-state index in [1.54, 1.807) is 52.2 Å². The minimum absolute atomic E-state index is 0.0379. The molecular formula is C35H37FN6O4. The van der Waals surface area contributed by atoms with E-state index < -0.39 is 23.3 Å². The van der Waals surface area contributed by atoms with Crippen molar-refractivity contribution < 1.29 is 18.8 Å². The monoisotopic (exact) mass is 624 g/mol. The van der Waals surface area contributed by atoms with E-state index in [0.29, 0.717) is 39.1 Å². The Kier molecular flexibility index (Phi) is 9.72. The molecule has 4 aromatic rings. The molecule has 5 rings (SSSR count). The topological polar surface area (TPSA) is 125 Å². The van der Waals surface area contributed by atoms with Gasteiger partial charge in [-0.2, -0.15) is 0 Å². The van der Waals surface area contributed by atoms with E-state index in [1.807, 2.05) is 12.1 Å². The van der Waals surface area contributed by atoms with Crippen LogP contribution in [0.3, 0.4) is 0 Å². The van der Waals surface area contributed by atoms with E-state index in [-0.39, 0.29) is 24.1 Å². The Labute approximate surface area is 266 Å². The molecule has 3 N–H and O–H groups in total. The fourth-order valence-electron chi connectivity index (χ4n) is 5.60. The summed E-state index contributed by atoms with van der Waals surface area (Å²) in [5.41, 5.74) is 3.87. The molecule has 0 aliphatic carbocycles. The molecular weight excluding hydrogens is 587 g/mol. The number of rotatable bonds is 10. The molecule has 46 heavy (non-hydrogen) atoms. The minimum Gasteiger partial charge on any atom is -0.372 e. The van der Waals surface area contributed by atoms with Crippen LogP contribution < -0.4 is 26.4 Å². The number of nitrogens with one attached hydrogen (secondary N) is 3. The number of benzene rings is 3. The van der Waals surface area contributed by atoms with Gasteiger partial charge in [0, 0.05) is 48.1 Å². The number of likely N-dealkylation sites (N-methyl/N-ethyl adjacent to an activating group) is 1. The first-order valence-corrected chi connectivity index (χ1v) is 15.2. The zero-order valence-electron chi connectivity index (χ0n) is 26.3. The number of carbonyl (C=O) groups is 3. The lowest BCUT2D eigenvalue weighted by Gasteiger charge is -2.21. The second-order valence-electron chi connectivity index (χ2n) is 11.4. The normalized spacial score (nSPS) is 13.4. The highest BCUT2D eigenvalue weighted by Crippen LogP contribution is 2.29. The second-order valence-corrected chi connectivity index (χ2v) is 11.4. The Morgan fingerprint density at radius 2 is 1.70 bits per heavy atom. The Balaban J connectivity index is 1.66. The molecule has 1 atom stereocenters. The van der Waals surface area contributed by atoms with Crippen molar-refractivity contribution in [3.8, 4) is 11.3 Å². The summed E-state index contributed by atoms with van der Waals surface area (Å²) in [5, 5.41) is 8.12. The molecule has 2 heterocycles. The van der Waals surface area contributed by atoms with Crippen LogP contribution in [0.25, 0.3) is 11.3 Å². The van der Waals surface area contributed by atoms with Crippen LogP contribution in [0.15, 0.2) is 71.7 Å². The summed E-state index contributed by atoms with van der Waals surface area (Å²) in [4.78, 5) is 59.6. The molecule has 238 valence electrons. The maximum Gasteiger partial charge on any atom is 0.294 e. The van der Waals surface area contributed by atoms with Crippen LogP contribution in [0.4, 0.5) is 15.9 Å². The third kappa shape index (κ3) is 6.74. The van der Waals surface area contributed by atoms with E-state index in [4.69, 9.17) is 0 Å². The number of hydrogen-bond acceptors (Lipinski definition) is 7. The first-order valence-electron chi connectivity index (χ1n) is 15.2. The Bertz CT molecular complexity index is 1850. The molecule has 0 spiro atoms. The molecule has 1 aliphatic rings. The number of amides is 2. The van der Waals surface area contributed by atoms with Gasteiger partial charge in [-0.3, -0.25) is 23.7 Å². The first-order chi connectivity index (χ1) is 22.1.